The molecule has 1 saturated heterocycles. The Morgan fingerprint density at radius 2 is 2.18 bits per heavy atom. The number of aromatic nitrogens is 2. The molecular weight excluding hydrogens is 236 g/mol. The maximum Gasteiger partial charge on any atom is 0.0863 e. The van der Waals surface area contributed by atoms with E-state index in [4.69, 9.17) is 11.6 Å². The van der Waals surface area contributed by atoms with Gasteiger partial charge in [0, 0.05) is 32.7 Å². The molecule has 0 spiro atoms. The van der Waals surface area contributed by atoms with Crippen molar-refractivity contribution in [3.05, 3.63) is 16.4 Å². The summed E-state index contributed by atoms with van der Waals surface area (Å²) in [6.07, 6.45) is 0.893. The highest BCUT2D eigenvalue weighted by Crippen LogP contribution is 2.23. The third-order valence-electron chi connectivity index (χ3n) is 3.54. The van der Waals surface area contributed by atoms with Gasteiger partial charge in [-0.05, 0) is 13.0 Å². The smallest absolute Gasteiger partial charge is 0.0863 e. The molecule has 96 valence electrons. The largest absolute Gasteiger partial charge is 0.314 e. The first-order chi connectivity index (χ1) is 8.17. The molecule has 0 unspecified atom stereocenters. The molecule has 1 aliphatic rings. The van der Waals surface area contributed by atoms with Crippen molar-refractivity contribution < 1.29 is 0 Å². The standard InChI is InChI=1S/C12H21ClN4/c1-4-10-12(13)11(16(3)15-10)8-17(5-2)9-6-14-7-9/h9,14H,4-8H2,1-3H3. The van der Waals surface area contributed by atoms with Crippen LogP contribution in [0.4, 0.5) is 0 Å². The molecule has 17 heavy (non-hydrogen) atoms. The number of hydrogen-bond acceptors (Lipinski definition) is 3. The molecule has 0 radical (unpaired) electrons. The molecule has 0 atom stereocenters. The van der Waals surface area contributed by atoms with E-state index in [1.54, 1.807) is 0 Å². The lowest BCUT2D eigenvalue weighted by molar-refractivity contribution is 0.142. The molecule has 0 aliphatic carbocycles. The Bertz CT molecular complexity index is 384. The fourth-order valence-corrected chi connectivity index (χ4v) is 2.57. The van der Waals surface area contributed by atoms with Gasteiger partial charge in [0.05, 0.1) is 16.4 Å². The molecule has 0 bridgehead atoms. The molecule has 0 saturated carbocycles. The van der Waals surface area contributed by atoms with Gasteiger partial charge in [-0.2, -0.15) is 5.10 Å². The molecule has 1 N–H and O–H groups in total. The van der Waals surface area contributed by atoms with Crippen LogP contribution < -0.4 is 5.32 Å². The lowest BCUT2D eigenvalue weighted by atomic mass is 10.1. The topological polar surface area (TPSA) is 33.1 Å². The van der Waals surface area contributed by atoms with Gasteiger partial charge in [0.25, 0.3) is 0 Å². The summed E-state index contributed by atoms with van der Waals surface area (Å²) >= 11 is 6.37. The summed E-state index contributed by atoms with van der Waals surface area (Å²) < 4.78 is 1.93. The molecule has 2 heterocycles. The number of aryl methyl sites for hydroxylation is 2. The summed E-state index contributed by atoms with van der Waals surface area (Å²) in [5.41, 5.74) is 2.14. The minimum Gasteiger partial charge on any atom is -0.314 e. The van der Waals surface area contributed by atoms with Crippen LogP contribution in [0.5, 0.6) is 0 Å². The van der Waals surface area contributed by atoms with Crippen molar-refractivity contribution in [2.24, 2.45) is 7.05 Å². The van der Waals surface area contributed by atoms with Gasteiger partial charge in [0.15, 0.2) is 0 Å². The molecule has 0 aromatic carbocycles. The van der Waals surface area contributed by atoms with Gasteiger partial charge in [-0.25, -0.2) is 0 Å². The minimum absolute atomic E-state index is 0.649. The Kier molecular flexibility index (Phi) is 4.07. The maximum atomic E-state index is 6.37. The van der Waals surface area contributed by atoms with E-state index < -0.39 is 0 Å². The zero-order chi connectivity index (χ0) is 12.4. The van der Waals surface area contributed by atoms with Crippen LogP contribution in [0.15, 0.2) is 0 Å². The van der Waals surface area contributed by atoms with Gasteiger partial charge in [0.2, 0.25) is 0 Å². The van der Waals surface area contributed by atoms with E-state index in [9.17, 15) is 0 Å². The van der Waals surface area contributed by atoms with Gasteiger partial charge in [-0.3, -0.25) is 9.58 Å². The van der Waals surface area contributed by atoms with Crippen LogP contribution in [0.1, 0.15) is 25.2 Å². The van der Waals surface area contributed by atoms with Crippen molar-refractivity contribution in [3.8, 4) is 0 Å². The molecule has 5 heteroatoms. The van der Waals surface area contributed by atoms with Crippen molar-refractivity contribution in [1.82, 2.24) is 20.0 Å². The Morgan fingerprint density at radius 3 is 2.59 bits per heavy atom. The van der Waals surface area contributed by atoms with Crippen LogP contribution in [0.2, 0.25) is 5.02 Å². The third-order valence-corrected chi connectivity index (χ3v) is 3.97. The average molecular weight is 257 g/mol. The van der Waals surface area contributed by atoms with Crippen LogP contribution in [-0.2, 0) is 20.0 Å². The van der Waals surface area contributed by atoms with Crippen LogP contribution in [0, 0.1) is 0 Å². The molecule has 1 aliphatic heterocycles. The summed E-state index contributed by atoms with van der Waals surface area (Å²) in [5.74, 6) is 0. The molecule has 1 aromatic rings. The second kappa shape index (κ2) is 5.38. The number of hydrogen-bond donors (Lipinski definition) is 1. The SMILES string of the molecule is CCc1nn(C)c(CN(CC)C2CNC2)c1Cl. The number of nitrogens with zero attached hydrogens (tertiary/aromatic N) is 3. The first kappa shape index (κ1) is 12.9. The molecule has 1 aromatic heterocycles. The van der Waals surface area contributed by atoms with Crippen LogP contribution >= 0.6 is 11.6 Å². The molecule has 4 nitrogen and oxygen atoms in total. The van der Waals surface area contributed by atoms with Gasteiger partial charge < -0.3 is 5.32 Å². The van der Waals surface area contributed by atoms with E-state index in [0.717, 1.165) is 49.0 Å². The van der Waals surface area contributed by atoms with Gasteiger partial charge in [-0.15, -0.1) is 0 Å². The molecule has 2 rings (SSSR count). The Hall–Kier alpha value is -0.580. The van der Waals surface area contributed by atoms with Crippen molar-refractivity contribution >= 4 is 11.6 Å². The zero-order valence-corrected chi connectivity index (χ0v) is 11.6. The summed E-state index contributed by atoms with van der Waals surface area (Å²) in [4.78, 5) is 2.46. The zero-order valence-electron chi connectivity index (χ0n) is 10.8. The van der Waals surface area contributed by atoms with E-state index in [1.165, 1.54) is 0 Å². The number of likely N-dealkylation sites (N-methyl/N-ethyl adjacent to an activating group) is 1. The quantitative estimate of drug-likeness (QED) is 0.865. The highest BCUT2D eigenvalue weighted by Gasteiger charge is 2.25. The first-order valence-corrected chi connectivity index (χ1v) is 6.70. The second-order valence-corrected chi connectivity index (χ2v) is 4.94. The van der Waals surface area contributed by atoms with Crippen molar-refractivity contribution in [1.29, 1.82) is 0 Å². The molecular formula is C12H21ClN4. The maximum absolute atomic E-state index is 6.37. The van der Waals surface area contributed by atoms with Crippen LogP contribution in [-0.4, -0.2) is 40.4 Å². The monoisotopic (exact) mass is 256 g/mol. The van der Waals surface area contributed by atoms with E-state index >= 15 is 0 Å². The summed E-state index contributed by atoms with van der Waals surface area (Å²) in [7, 11) is 1.98. The Morgan fingerprint density at radius 1 is 1.47 bits per heavy atom. The summed E-state index contributed by atoms with van der Waals surface area (Å²) in [6.45, 7) is 8.41. The van der Waals surface area contributed by atoms with Crippen LogP contribution in [0.25, 0.3) is 0 Å². The van der Waals surface area contributed by atoms with Crippen molar-refractivity contribution in [2.45, 2.75) is 32.9 Å². The normalized spacial score (nSPS) is 16.5. The van der Waals surface area contributed by atoms with E-state index in [1.807, 2.05) is 11.7 Å². The minimum atomic E-state index is 0.649. The fourth-order valence-electron chi connectivity index (χ4n) is 2.21. The molecule has 1 fully saturated rings. The second-order valence-electron chi connectivity index (χ2n) is 4.56. The average Bonchev–Trinajstić information content (AvgIpc) is 2.52. The van der Waals surface area contributed by atoms with E-state index in [0.29, 0.717) is 6.04 Å². The first-order valence-electron chi connectivity index (χ1n) is 6.32. The van der Waals surface area contributed by atoms with Crippen LogP contribution in [0.3, 0.4) is 0 Å². The van der Waals surface area contributed by atoms with Crippen molar-refractivity contribution in [2.75, 3.05) is 19.6 Å². The predicted octanol–water partition coefficient (Wildman–Crippen LogP) is 1.43. The highest BCUT2D eigenvalue weighted by molar-refractivity contribution is 6.31. The van der Waals surface area contributed by atoms with Crippen molar-refractivity contribution in [3.63, 3.8) is 0 Å². The predicted molar refractivity (Wildman–Crippen MR) is 70.3 cm³/mol. The Labute approximate surface area is 108 Å². The number of nitrogens with one attached hydrogen (secondary N) is 1. The summed E-state index contributed by atoms with van der Waals surface area (Å²) in [5, 5.41) is 8.62. The number of rotatable bonds is 5. The van der Waals surface area contributed by atoms with Gasteiger partial charge in [-0.1, -0.05) is 25.4 Å². The van der Waals surface area contributed by atoms with E-state index in [-0.39, 0.29) is 0 Å². The Balaban J connectivity index is 2.13. The van der Waals surface area contributed by atoms with E-state index in [2.05, 4.69) is 29.2 Å². The lowest BCUT2D eigenvalue weighted by Gasteiger charge is -2.37. The third kappa shape index (κ3) is 2.49. The highest BCUT2D eigenvalue weighted by atomic mass is 35.5. The number of halogens is 1. The molecule has 0 amide bonds. The van der Waals surface area contributed by atoms with Gasteiger partial charge in [0.1, 0.15) is 0 Å². The summed E-state index contributed by atoms with van der Waals surface area (Å²) in [6, 6.07) is 0.649. The van der Waals surface area contributed by atoms with Gasteiger partial charge >= 0.3 is 0 Å². The lowest BCUT2D eigenvalue weighted by Crippen LogP contribution is -2.56. The fraction of sp³-hybridized carbons (Fsp3) is 0.750.